The maximum atomic E-state index is 11.8. The number of rotatable bonds is 4. The summed E-state index contributed by atoms with van der Waals surface area (Å²) in [4.78, 5) is 33.3. The van der Waals surface area contributed by atoms with Gasteiger partial charge in [0.05, 0.1) is 10.1 Å². The Labute approximate surface area is 184 Å². The second-order valence-corrected chi connectivity index (χ2v) is 9.28. The number of nitrogens with zero attached hydrogens (tertiary/aromatic N) is 1. The first-order valence-corrected chi connectivity index (χ1v) is 10.9. The van der Waals surface area contributed by atoms with Gasteiger partial charge < -0.3 is 25.0 Å². The molecule has 168 valence electrons. The number of carboxylic acid groups (broad SMARTS) is 2. The molecule has 1 aromatic carbocycles. The van der Waals surface area contributed by atoms with Gasteiger partial charge in [0.15, 0.2) is 11.5 Å². The fraction of sp³-hybridized carbons (Fsp3) is 0.476. The molecule has 0 saturated carbocycles. The first kappa shape index (κ1) is 23.0. The molecule has 3 aliphatic rings. The Kier molecular flexibility index (Phi) is 7.45. The van der Waals surface area contributed by atoms with Gasteiger partial charge >= 0.3 is 11.9 Å². The number of amides is 1. The van der Waals surface area contributed by atoms with Crippen LogP contribution in [0, 0.1) is 0 Å². The third-order valence-electron chi connectivity index (χ3n) is 5.18. The lowest BCUT2D eigenvalue weighted by Gasteiger charge is -2.40. The lowest BCUT2D eigenvalue weighted by Crippen LogP contribution is -2.52. The number of benzene rings is 1. The van der Waals surface area contributed by atoms with Crippen molar-refractivity contribution in [1.29, 1.82) is 0 Å². The Hall–Kier alpha value is -2.72. The molecular weight excluding hydrogens is 424 g/mol. The zero-order valence-corrected chi connectivity index (χ0v) is 18.0. The summed E-state index contributed by atoms with van der Waals surface area (Å²) in [6.07, 6.45) is 3.18. The Morgan fingerprint density at radius 2 is 1.81 bits per heavy atom. The molecule has 1 spiro atoms. The minimum absolute atomic E-state index is 0.0382. The van der Waals surface area contributed by atoms with Crippen LogP contribution in [0.1, 0.15) is 19.8 Å². The maximum absolute atomic E-state index is 11.8. The van der Waals surface area contributed by atoms with Crippen LogP contribution in [-0.2, 0) is 14.4 Å². The van der Waals surface area contributed by atoms with E-state index in [0.29, 0.717) is 18.8 Å². The number of nitrogens with one attached hydrogen (secondary N) is 1. The monoisotopic (exact) mass is 450 g/mol. The highest BCUT2D eigenvalue weighted by atomic mass is 32.2. The SMILES string of the molecule is CC1SC2(CCN(CC3COc4ccccc4O3)CC2)NC1=O.O=C(O)/C=C\C(=O)O. The number of hydrogen-bond donors (Lipinski definition) is 3. The van der Waals surface area contributed by atoms with E-state index in [2.05, 4.69) is 10.2 Å². The summed E-state index contributed by atoms with van der Waals surface area (Å²) >= 11 is 1.79. The molecule has 4 rings (SSSR count). The second kappa shape index (κ2) is 10.1. The van der Waals surface area contributed by atoms with E-state index in [1.165, 1.54) is 0 Å². The normalized spacial score (nSPS) is 24.4. The quantitative estimate of drug-likeness (QED) is 0.586. The molecule has 3 N–H and O–H groups in total. The number of fused-ring (bicyclic) bond motifs is 1. The molecule has 0 aromatic heterocycles. The smallest absolute Gasteiger partial charge is 0.328 e. The summed E-state index contributed by atoms with van der Waals surface area (Å²) in [6.45, 7) is 5.44. The highest BCUT2D eigenvalue weighted by molar-refractivity contribution is 8.02. The average Bonchev–Trinajstić information content (AvgIpc) is 3.02. The zero-order valence-electron chi connectivity index (χ0n) is 17.2. The van der Waals surface area contributed by atoms with E-state index in [0.717, 1.165) is 44.0 Å². The van der Waals surface area contributed by atoms with Gasteiger partial charge in [-0.2, -0.15) is 0 Å². The second-order valence-electron chi connectivity index (χ2n) is 7.55. The van der Waals surface area contributed by atoms with Gasteiger partial charge in [0.2, 0.25) is 5.91 Å². The number of carboxylic acids is 2. The average molecular weight is 451 g/mol. The molecule has 9 nitrogen and oxygen atoms in total. The Morgan fingerprint density at radius 1 is 1.19 bits per heavy atom. The van der Waals surface area contributed by atoms with E-state index < -0.39 is 11.9 Å². The molecule has 2 fully saturated rings. The van der Waals surface area contributed by atoms with Crippen molar-refractivity contribution in [2.45, 2.75) is 36.0 Å². The number of carbonyl (C=O) groups is 3. The van der Waals surface area contributed by atoms with Crippen molar-refractivity contribution in [3.8, 4) is 11.5 Å². The zero-order chi connectivity index (χ0) is 22.4. The maximum Gasteiger partial charge on any atom is 0.328 e. The predicted molar refractivity (Wildman–Crippen MR) is 114 cm³/mol. The number of thioether (sulfide) groups is 1. The van der Waals surface area contributed by atoms with E-state index >= 15 is 0 Å². The molecule has 3 aliphatic heterocycles. The van der Waals surface area contributed by atoms with E-state index in [1.54, 1.807) is 11.8 Å². The van der Waals surface area contributed by atoms with Crippen molar-refractivity contribution in [3.05, 3.63) is 36.4 Å². The largest absolute Gasteiger partial charge is 0.486 e. The van der Waals surface area contributed by atoms with Gasteiger partial charge in [0.25, 0.3) is 0 Å². The molecule has 10 heteroatoms. The summed E-state index contributed by atoms with van der Waals surface area (Å²) in [5.74, 6) is -0.658. The summed E-state index contributed by atoms with van der Waals surface area (Å²) in [5.41, 5.74) is 0. The van der Waals surface area contributed by atoms with Crippen LogP contribution in [-0.4, -0.2) is 75.4 Å². The van der Waals surface area contributed by atoms with Gasteiger partial charge in [0, 0.05) is 31.8 Å². The standard InChI is InChI=1S/C17H22N2O3S.C4H4O4/c1-12-16(20)18-17(23-12)6-8-19(9-7-17)10-13-11-21-14-4-2-3-5-15(14)22-13;5-3(6)1-2-4(7)8/h2-5,12-13H,6-11H2,1H3,(H,18,20);1-2H,(H,5,6)(H,7,8)/b;2-1-. The molecule has 0 aliphatic carbocycles. The molecule has 3 heterocycles. The lowest BCUT2D eigenvalue weighted by molar-refractivity contribution is -0.134. The van der Waals surface area contributed by atoms with Crippen molar-refractivity contribution in [3.63, 3.8) is 0 Å². The molecular formula is C21H26N2O7S. The van der Waals surface area contributed by atoms with Crippen LogP contribution in [0.2, 0.25) is 0 Å². The number of hydrogen-bond acceptors (Lipinski definition) is 7. The molecule has 2 unspecified atom stereocenters. The summed E-state index contributed by atoms with van der Waals surface area (Å²) < 4.78 is 11.8. The van der Waals surface area contributed by atoms with Crippen LogP contribution >= 0.6 is 11.8 Å². The van der Waals surface area contributed by atoms with E-state index in [-0.39, 0.29) is 22.1 Å². The van der Waals surface area contributed by atoms with Gasteiger partial charge in [-0.3, -0.25) is 9.69 Å². The van der Waals surface area contributed by atoms with Crippen molar-refractivity contribution < 1.29 is 34.1 Å². The summed E-state index contributed by atoms with van der Waals surface area (Å²) in [5, 5.41) is 18.9. The highest BCUT2D eigenvalue weighted by Gasteiger charge is 2.45. The van der Waals surface area contributed by atoms with Crippen molar-refractivity contribution in [1.82, 2.24) is 10.2 Å². The van der Waals surface area contributed by atoms with Gasteiger partial charge in [-0.15, -0.1) is 11.8 Å². The highest BCUT2D eigenvalue weighted by Crippen LogP contribution is 2.41. The number of para-hydroxylation sites is 2. The third-order valence-corrected chi connectivity index (χ3v) is 6.71. The van der Waals surface area contributed by atoms with Gasteiger partial charge in [-0.25, -0.2) is 9.59 Å². The fourth-order valence-electron chi connectivity index (χ4n) is 3.67. The van der Waals surface area contributed by atoms with Crippen LogP contribution in [0.5, 0.6) is 11.5 Å². The Bertz CT molecular complexity index is 836. The van der Waals surface area contributed by atoms with Gasteiger partial charge in [-0.1, -0.05) is 12.1 Å². The molecule has 31 heavy (non-hydrogen) atoms. The first-order chi connectivity index (χ1) is 14.8. The molecule has 0 radical (unpaired) electrons. The van der Waals surface area contributed by atoms with Gasteiger partial charge in [-0.05, 0) is 31.9 Å². The summed E-state index contributed by atoms with van der Waals surface area (Å²) in [6, 6.07) is 7.83. The minimum atomic E-state index is -1.26. The summed E-state index contributed by atoms with van der Waals surface area (Å²) in [7, 11) is 0. The van der Waals surface area contributed by atoms with E-state index in [4.69, 9.17) is 19.7 Å². The number of ether oxygens (including phenoxy) is 2. The number of likely N-dealkylation sites (tertiary alicyclic amines) is 1. The number of aliphatic carboxylic acids is 2. The van der Waals surface area contributed by atoms with Crippen molar-refractivity contribution in [2.24, 2.45) is 0 Å². The van der Waals surface area contributed by atoms with Crippen molar-refractivity contribution >= 4 is 29.6 Å². The minimum Gasteiger partial charge on any atom is -0.486 e. The predicted octanol–water partition coefficient (Wildman–Crippen LogP) is 1.58. The lowest BCUT2D eigenvalue weighted by atomic mass is 10.0. The molecule has 0 bridgehead atoms. The van der Waals surface area contributed by atoms with Crippen molar-refractivity contribution in [2.75, 3.05) is 26.2 Å². The van der Waals surface area contributed by atoms with Crippen LogP contribution < -0.4 is 14.8 Å². The molecule has 2 saturated heterocycles. The van der Waals surface area contributed by atoms with Crippen LogP contribution in [0.15, 0.2) is 36.4 Å². The Balaban J connectivity index is 0.000000293. The molecule has 2 atom stereocenters. The van der Waals surface area contributed by atoms with Crippen LogP contribution in [0.25, 0.3) is 0 Å². The molecule has 1 aromatic rings. The van der Waals surface area contributed by atoms with Gasteiger partial charge in [0.1, 0.15) is 12.7 Å². The topological polar surface area (TPSA) is 125 Å². The van der Waals surface area contributed by atoms with E-state index in [1.807, 2.05) is 31.2 Å². The Morgan fingerprint density at radius 3 is 2.35 bits per heavy atom. The fourth-order valence-corrected chi connectivity index (χ4v) is 5.09. The van der Waals surface area contributed by atoms with Crippen LogP contribution in [0.4, 0.5) is 0 Å². The molecule has 1 amide bonds. The third kappa shape index (κ3) is 6.38. The first-order valence-electron chi connectivity index (χ1n) is 10.0. The van der Waals surface area contributed by atoms with Crippen LogP contribution in [0.3, 0.4) is 0 Å². The van der Waals surface area contributed by atoms with E-state index in [9.17, 15) is 14.4 Å². The number of piperidine rings is 1. The number of carbonyl (C=O) groups excluding carboxylic acids is 1.